The van der Waals surface area contributed by atoms with E-state index in [1.165, 1.54) is 26.9 Å². The zero-order valence-corrected chi connectivity index (χ0v) is 15.4. The van der Waals surface area contributed by atoms with Crippen LogP contribution in [-0.2, 0) is 5.41 Å². The van der Waals surface area contributed by atoms with Gasteiger partial charge in [0.15, 0.2) is 0 Å². The minimum absolute atomic E-state index is 0.173. The van der Waals surface area contributed by atoms with E-state index in [-0.39, 0.29) is 5.41 Å². The minimum atomic E-state index is 0.173. The molecule has 1 aromatic heterocycles. The Morgan fingerprint density at radius 3 is 2.26 bits per heavy atom. The smallest absolute Gasteiger partial charge is 0.0573 e. The summed E-state index contributed by atoms with van der Waals surface area (Å²) in [5.74, 6) is 0.570. The molecule has 120 valence electrons. The van der Waals surface area contributed by atoms with Crippen molar-refractivity contribution < 1.29 is 0 Å². The molecule has 0 aliphatic rings. The predicted molar refractivity (Wildman–Crippen MR) is 104 cm³/mol. The fraction of sp³-hybridized carbons (Fsp3) is 0.333. The third kappa shape index (κ3) is 3.42. The van der Waals surface area contributed by atoms with Crippen molar-refractivity contribution in [3.8, 4) is 0 Å². The number of hydrogen-bond acceptors (Lipinski definition) is 2. The van der Waals surface area contributed by atoms with Crippen molar-refractivity contribution in [3.63, 3.8) is 0 Å². The number of benzene rings is 2. The second kappa shape index (κ2) is 6.01. The van der Waals surface area contributed by atoms with E-state index in [1.54, 1.807) is 11.3 Å². The van der Waals surface area contributed by atoms with E-state index < -0.39 is 0 Å². The predicted octanol–water partition coefficient (Wildman–Crippen LogP) is 7.07. The summed E-state index contributed by atoms with van der Waals surface area (Å²) in [5.41, 5.74) is 5.28. The van der Waals surface area contributed by atoms with Crippen molar-refractivity contribution in [2.45, 2.75) is 46.0 Å². The maximum Gasteiger partial charge on any atom is 0.0573 e. The summed E-state index contributed by atoms with van der Waals surface area (Å²) in [7, 11) is 0. The van der Waals surface area contributed by atoms with Gasteiger partial charge in [0.1, 0.15) is 0 Å². The molecule has 2 aromatic carbocycles. The number of nitrogens with one attached hydrogen (secondary N) is 1. The van der Waals surface area contributed by atoms with E-state index in [0.717, 1.165) is 5.69 Å². The third-order valence-corrected chi connectivity index (χ3v) is 5.26. The zero-order valence-electron chi connectivity index (χ0n) is 14.6. The fourth-order valence-corrected chi connectivity index (χ4v) is 3.57. The molecule has 1 heterocycles. The summed E-state index contributed by atoms with van der Waals surface area (Å²) >= 11 is 1.80. The van der Waals surface area contributed by atoms with Gasteiger partial charge in [-0.05, 0) is 46.7 Å². The van der Waals surface area contributed by atoms with Crippen LogP contribution < -0.4 is 5.32 Å². The number of thiophene rings is 1. The quantitative estimate of drug-likeness (QED) is 0.543. The molecule has 0 aliphatic heterocycles. The number of hydrogen-bond donors (Lipinski definition) is 1. The Kier molecular flexibility index (Phi) is 4.20. The van der Waals surface area contributed by atoms with E-state index in [9.17, 15) is 0 Å². The molecule has 0 unspecified atom stereocenters. The molecule has 0 amide bonds. The molecule has 3 rings (SSSR count). The van der Waals surface area contributed by atoms with Crippen molar-refractivity contribution in [1.82, 2.24) is 0 Å². The maximum atomic E-state index is 3.58. The Balaban J connectivity index is 1.93. The first kappa shape index (κ1) is 16.1. The maximum absolute atomic E-state index is 3.58. The topological polar surface area (TPSA) is 12.0 Å². The van der Waals surface area contributed by atoms with Gasteiger partial charge < -0.3 is 5.32 Å². The lowest BCUT2D eigenvalue weighted by Gasteiger charge is -2.19. The van der Waals surface area contributed by atoms with Crippen LogP contribution in [0.1, 0.15) is 51.7 Å². The first-order chi connectivity index (χ1) is 10.8. The molecular weight excluding hydrogens is 298 g/mol. The van der Waals surface area contributed by atoms with E-state index in [4.69, 9.17) is 0 Å². The van der Waals surface area contributed by atoms with Crippen molar-refractivity contribution in [2.24, 2.45) is 0 Å². The zero-order chi connectivity index (χ0) is 16.6. The highest BCUT2D eigenvalue weighted by Crippen LogP contribution is 2.35. The van der Waals surface area contributed by atoms with Gasteiger partial charge in [-0.3, -0.25) is 0 Å². The molecule has 0 spiro atoms. The van der Waals surface area contributed by atoms with Crippen molar-refractivity contribution in [3.05, 3.63) is 59.0 Å². The normalized spacial score (nSPS) is 12.1. The summed E-state index contributed by atoms with van der Waals surface area (Å²) in [6.07, 6.45) is 0. The Morgan fingerprint density at radius 1 is 0.957 bits per heavy atom. The SMILES string of the molecule is CC(C)c1ccc(Nc2csc3ccc(C(C)(C)C)cc23)cc1. The summed E-state index contributed by atoms with van der Waals surface area (Å²) in [6.45, 7) is 11.2. The van der Waals surface area contributed by atoms with Crippen LogP contribution in [0.4, 0.5) is 11.4 Å². The van der Waals surface area contributed by atoms with Gasteiger partial charge in [0.2, 0.25) is 0 Å². The van der Waals surface area contributed by atoms with Gasteiger partial charge in [0.25, 0.3) is 0 Å². The first-order valence-corrected chi connectivity index (χ1v) is 9.11. The monoisotopic (exact) mass is 323 g/mol. The lowest BCUT2D eigenvalue weighted by Crippen LogP contribution is -2.10. The molecular formula is C21H25NS. The van der Waals surface area contributed by atoms with Crippen LogP contribution in [0.25, 0.3) is 10.1 Å². The van der Waals surface area contributed by atoms with Gasteiger partial charge >= 0.3 is 0 Å². The van der Waals surface area contributed by atoms with E-state index in [2.05, 4.69) is 87.8 Å². The molecule has 0 bridgehead atoms. The average molecular weight is 324 g/mol. The largest absolute Gasteiger partial charge is 0.354 e. The summed E-state index contributed by atoms with van der Waals surface area (Å²) < 4.78 is 1.33. The molecule has 1 nitrogen and oxygen atoms in total. The second-order valence-corrected chi connectivity index (χ2v) is 8.42. The molecule has 3 aromatic rings. The molecule has 1 N–H and O–H groups in total. The number of rotatable bonds is 3. The molecule has 0 atom stereocenters. The van der Waals surface area contributed by atoms with Gasteiger partial charge in [-0.2, -0.15) is 0 Å². The van der Waals surface area contributed by atoms with E-state index >= 15 is 0 Å². The van der Waals surface area contributed by atoms with Crippen LogP contribution in [-0.4, -0.2) is 0 Å². The lowest BCUT2D eigenvalue weighted by molar-refractivity contribution is 0.591. The van der Waals surface area contributed by atoms with Crippen LogP contribution in [0.15, 0.2) is 47.8 Å². The highest BCUT2D eigenvalue weighted by Gasteiger charge is 2.15. The molecule has 0 saturated heterocycles. The molecule has 0 fully saturated rings. The van der Waals surface area contributed by atoms with Crippen LogP contribution >= 0.6 is 11.3 Å². The van der Waals surface area contributed by atoms with Crippen molar-refractivity contribution in [2.75, 3.05) is 5.32 Å². The Morgan fingerprint density at radius 2 is 1.65 bits per heavy atom. The number of anilines is 2. The summed E-state index contributed by atoms with van der Waals surface area (Å²) in [4.78, 5) is 0. The molecule has 0 aliphatic carbocycles. The molecule has 2 heteroatoms. The third-order valence-electron chi connectivity index (χ3n) is 4.30. The van der Waals surface area contributed by atoms with Crippen molar-refractivity contribution in [1.29, 1.82) is 0 Å². The van der Waals surface area contributed by atoms with Gasteiger partial charge in [-0.1, -0.05) is 52.8 Å². The first-order valence-electron chi connectivity index (χ1n) is 8.23. The summed E-state index contributed by atoms with van der Waals surface area (Å²) in [5, 5.41) is 7.11. The fourth-order valence-electron chi connectivity index (χ4n) is 2.70. The van der Waals surface area contributed by atoms with Gasteiger partial charge in [0.05, 0.1) is 5.69 Å². The van der Waals surface area contributed by atoms with Crippen LogP contribution in [0.5, 0.6) is 0 Å². The Labute approximate surface area is 143 Å². The summed E-state index contributed by atoms with van der Waals surface area (Å²) in [6, 6.07) is 15.6. The Bertz CT molecular complexity index is 804. The van der Waals surface area contributed by atoms with E-state index in [1.807, 2.05) is 0 Å². The molecule has 0 saturated carbocycles. The Hall–Kier alpha value is -1.80. The minimum Gasteiger partial charge on any atom is -0.354 e. The van der Waals surface area contributed by atoms with Gasteiger partial charge in [0, 0.05) is 21.2 Å². The standard InChI is InChI=1S/C21H25NS/c1-14(2)15-6-9-17(10-7-15)22-19-13-23-20-11-8-16(12-18(19)20)21(3,4)5/h6-14,22H,1-5H3. The lowest BCUT2D eigenvalue weighted by atomic mass is 9.86. The van der Waals surface area contributed by atoms with E-state index in [0.29, 0.717) is 5.92 Å². The average Bonchev–Trinajstić information content (AvgIpc) is 2.89. The van der Waals surface area contributed by atoms with Crippen LogP contribution in [0.3, 0.4) is 0 Å². The van der Waals surface area contributed by atoms with Crippen molar-refractivity contribution >= 4 is 32.8 Å². The second-order valence-electron chi connectivity index (χ2n) is 7.51. The number of fused-ring (bicyclic) bond motifs is 1. The molecule has 23 heavy (non-hydrogen) atoms. The highest BCUT2D eigenvalue weighted by atomic mass is 32.1. The van der Waals surface area contributed by atoms with Gasteiger partial charge in [-0.25, -0.2) is 0 Å². The molecule has 0 radical (unpaired) electrons. The van der Waals surface area contributed by atoms with Gasteiger partial charge in [-0.15, -0.1) is 11.3 Å². The van der Waals surface area contributed by atoms with Crippen LogP contribution in [0.2, 0.25) is 0 Å². The highest BCUT2D eigenvalue weighted by molar-refractivity contribution is 7.17. The van der Waals surface area contributed by atoms with Crippen LogP contribution in [0, 0.1) is 0 Å².